The predicted molar refractivity (Wildman–Crippen MR) is 78.1 cm³/mol. The first kappa shape index (κ1) is 14.8. The summed E-state index contributed by atoms with van der Waals surface area (Å²) in [4.78, 5) is 17.5. The van der Waals surface area contributed by atoms with E-state index in [1.54, 1.807) is 0 Å². The molecule has 1 amide bonds. The molecule has 2 aliphatic heterocycles. The van der Waals surface area contributed by atoms with Gasteiger partial charge in [-0.05, 0) is 45.8 Å². The fourth-order valence-electron chi connectivity index (χ4n) is 3.53. The normalized spacial score (nSPS) is 30.1. The molecule has 2 fully saturated rings. The summed E-state index contributed by atoms with van der Waals surface area (Å²) in [6.45, 7) is 8.12. The smallest absolute Gasteiger partial charge is 0.230 e. The van der Waals surface area contributed by atoms with Crippen molar-refractivity contribution in [1.29, 1.82) is 0 Å². The quantitative estimate of drug-likeness (QED) is 0.838. The van der Waals surface area contributed by atoms with Crippen LogP contribution < -0.4 is 5.32 Å². The lowest BCUT2D eigenvalue weighted by molar-refractivity contribution is -0.143. The SMILES string of the molecule is CCCC1(C(=O)N2CCCN(C)CC2)CCCNC1. The Kier molecular flexibility index (Phi) is 5.22. The second kappa shape index (κ2) is 6.71. The number of likely N-dealkylation sites (N-methyl/N-ethyl adjacent to an activating group) is 1. The number of nitrogens with one attached hydrogen (secondary N) is 1. The summed E-state index contributed by atoms with van der Waals surface area (Å²) in [5, 5.41) is 3.45. The van der Waals surface area contributed by atoms with Crippen molar-refractivity contribution < 1.29 is 4.79 Å². The zero-order chi connectivity index (χ0) is 13.7. The van der Waals surface area contributed by atoms with Gasteiger partial charge in [0.05, 0.1) is 5.41 Å². The number of piperidine rings is 1. The summed E-state index contributed by atoms with van der Waals surface area (Å²) in [7, 11) is 2.15. The lowest BCUT2D eigenvalue weighted by Crippen LogP contribution is -2.52. The number of carbonyl (C=O) groups is 1. The highest BCUT2D eigenvalue weighted by Gasteiger charge is 2.41. The Labute approximate surface area is 117 Å². The molecule has 1 atom stereocenters. The van der Waals surface area contributed by atoms with Crippen LogP contribution in [-0.4, -0.2) is 62.0 Å². The van der Waals surface area contributed by atoms with Crippen LogP contribution >= 0.6 is 0 Å². The Morgan fingerprint density at radius 1 is 1.21 bits per heavy atom. The maximum atomic E-state index is 13.0. The third-order valence-corrected chi connectivity index (χ3v) is 4.66. The van der Waals surface area contributed by atoms with Crippen LogP contribution in [0.1, 0.15) is 39.0 Å². The summed E-state index contributed by atoms with van der Waals surface area (Å²) in [6, 6.07) is 0. The van der Waals surface area contributed by atoms with Crippen LogP contribution in [0, 0.1) is 5.41 Å². The first-order valence-electron chi connectivity index (χ1n) is 7.86. The summed E-state index contributed by atoms with van der Waals surface area (Å²) in [6.07, 6.45) is 5.45. The number of nitrogens with zero attached hydrogens (tertiary/aromatic N) is 2. The molecule has 0 aromatic rings. The third kappa shape index (κ3) is 3.48. The number of hydrogen-bond donors (Lipinski definition) is 1. The van der Waals surface area contributed by atoms with Gasteiger partial charge in [-0.2, -0.15) is 0 Å². The monoisotopic (exact) mass is 267 g/mol. The van der Waals surface area contributed by atoms with Crippen molar-refractivity contribution in [2.75, 3.05) is 46.3 Å². The molecule has 0 spiro atoms. The maximum absolute atomic E-state index is 13.0. The van der Waals surface area contributed by atoms with Crippen LogP contribution in [0.3, 0.4) is 0 Å². The Bertz CT molecular complexity index is 294. The highest BCUT2D eigenvalue weighted by Crippen LogP contribution is 2.34. The van der Waals surface area contributed by atoms with Crippen LogP contribution in [0.4, 0.5) is 0 Å². The first-order chi connectivity index (χ1) is 9.18. The molecule has 0 radical (unpaired) electrons. The van der Waals surface area contributed by atoms with Gasteiger partial charge in [-0.1, -0.05) is 13.3 Å². The molecular weight excluding hydrogens is 238 g/mol. The Morgan fingerprint density at radius 3 is 2.74 bits per heavy atom. The van der Waals surface area contributed by atoms with Crippen molar-refractivity contribution in [3.05, 3.63) is 0 Å². The standard InChI is InChI=1S/C15H29N3O/c1-3-6-15(7-4-8-16-13-15)14(19)18-10-5-9-17(2)11-12-18/h16H,3-13H2,1-2H3. The molecule has 110 valence electrons. The number of rotatable bonds is 3. The van der Waals surface area contributed by atoms with E-state index in [9.17, 15) is 4.79 Å². The van der Waals surface area contributed by atoms with E-state index in [1.807, 2.05) is 0 Å². The fraction of sp³-hybridized carbons (Fsp3) is 0.933. The molecule has 0 saturated carbocycles. The maximum Gasteiger partial charge on any atom is 0.230 e. The van der Waals surface area contributed by atoms with E-state index in [2.05, 4.69) is 29.1 Å². The minimum absolute atomic E-state index is 0.115. The number of amides is 1. The second-order valence-electron chi connectivity index (χ2n) is 6.26. The first-order valence-corrected chi connectivity index (χ1v) is 7.86. The highest BCUT2D eigenvalue weighted by molar-refractivity contribution is 5.83. The minimum Gasteiger partial charge on any atom is -0.341 e. The van der Waals surface area contributed by atoms with E-state index in [1.165, 1.54) is 0 Å². The molecule has 2 saturated heterocycles. The van der Waals surface area contributed by atoms with Crippen LogP contribution in [0.2, 0.25) is 0 Å². The fourth-order valence-corrected chi connectivity index (χ4v) is 3.53. The minimum atomic E-state index is -0.115. The van der Waals surface area contributed by atoms with Crippen molar-refractivity contribution in [3.8, 4) is 0 Å². The van der Waals surface area contributed by atoms with Gasteiger partial charge in [0.1, 0.15) is 0 Å². The second-order valence-corrected chi connectivity index (χ2v) is 6.26. The Hall–Kier alpha value is -0.610. The largest absolute Gasteiger partial charge is 0.341 e. The summed E-state index contributed by atoms with van der Waals surface area (Å²) in [5.74, 6) is 0.414. The van der Waals surface area contributed by atoms with Crippen molar-refractivity contribution in [3.63, 3.8) is 0 Å². The van der Waals surface area contributed by atoms with Crippen LogP contribution in [-0.2, 0) is 4.79 Å². The van der Waals surface area contributed by atoms with Crippen molar-refractivity contribution in [1.82, 2.24) is 15.1 Å². The van der Waals surface area contributed by atoms with Crippen LogP contribution in [0.15, 0.2) is 0 Å². The number of carbonyl (C=O) groups excluding carboxylic acids is 1. The van der Waals surface area contributed by atoms with Gasteiger partial charge in [-0.15, -0.1) is 0 Å². The van der Waals surface area contributed by atoms with Gasteiger partial charge in [0, 0.05) is 26.2 Å². The molecule has 2 rings (SSSR count). The van der Waals surface area contributed by atoms with Gasteiger partial charge in [0.2, 0.25) is 5.91 Å². The van der Waals surface area contributed by atoms with Gasteiger partial charge in [-0.3, -0.25) is 4.79 Å². The van der Waals surface area contributed by atoms with E-state index >= 15 is 0 Å². The highest BCUT2D eigenvalue weighted by atomic mass is 16.2. The summed E-state index contributed by atoms with van der Waals surface area (Å²) >= 11 is 0. The summed E-state index contributed by atoms with van der Waals surface area (Å²) in [5.41, 5.74) is -0.115. The molecule has 1 unspecified atom stereocenters. The van der Waals surface area contributed by atoms with Gasteiger partial charge >= 0.3 is 0 Å². The van der Waals surface area contributed by atoms with Gasteiger partial charge in [-0.25, -0.2) is 0 Å². The zero-order valence-corrected chi connectivity index (χ0v) is 12.6. The van der Waals surface area contributed by atoms with Crippen LogP contribution in [0.5, 0.6) is 0 Å². The molecule has 0 aliphatic carbocycles. The molecule has 4 nitrogen and oxygen atoms in total. The molecule has 19 heavy (non-hydrogen) atoms. The molecule has 0 aromatic carbocycles. The molecule has 0 bridgehead atoms. The Morgan fingerprint density at radius 2 is 2.05 bits per heavy atom. The Balaban J connectivity index is 2.05. The van der Waals surface area contributed by atoms with Gasteiger partial charge in [0.25, 0.3) is 0 Å². The lowest BCUT2D eigenvalue weighted by atomic mass is 9.75. The van der Waals surface area contributed by atoms with E-state index in [4.69, 9.17) is 0 Å². The molecule has 2 heterocycles. The van der Waals surface area contributed by atoms with E-state index in [0.29, 0.717) is 5.91 Å². The van der Waals surface area contributed by atoms with Crippen molar-refractivity contribution in [2.24, 2.45) is 5.41 Å². The van der Waals surface area contributed by atoms with Gasteiger partial charge < -0.3 is 15.1 Å². The van der Waals surface area contributed by atoms with Crippen LogP contribution in [0.25, 0.3) is 0 Å². The molecule has 2 aliphatic rings. The molecule has 0 aromatic heterocycles. The van der Waals surface area contributed by atoms with Gasteiger partial charge in [0.15, 0.2) is 0 Å². The van der Waals surface area contributed by atoms with Crippen molar-refractivity contribution in [2.45, 2.75) is 39.0 Å². The average Bonchev–Trinajstić information content (AvgIpc) is 2.64. The van der Waals surface area contributed by atoms with E-state index < -0.39 is 0 Å². The predicted octanol–water partition coefficient (Wildman–Crippen LogP) is 1.32. The zero-order valence-electron chi connectivity index (χ0n) is 12.6. The molecule has 1 N–H and O–H groups in total. The number of hydrogen-bond acceptors (Lipinski definition) is 3. The van der Waals surface area contributed by atoms with E-state index in [0.717, 1.165) is 71.4 Å². The topological polar surface area (TPSA) is 35.6 Å². The van der Waals surface area contributed by atoms with E-state index in [-0.39, 0.29) is 5.41 Å². The third-order valence-electron chi connectivity index (χ3n) is 4.66. The van der Waals surface area contributed by atoms with Crippen molar-refractivity contribution >= 4 is 5.91 Å². The summed E-state index contributed by atoms with van der Waals surface area (Å²) < 4.78 is 0. The lowest BCUT2D eigenvalue weighted by Gasteiger charge is -2.40. The average molecular weight is 267 g/mol. The molecular formula is C15H29N3O. The molecule has 4 heteroatoms.